The second-order valence-electron chi connectivity index (χ2n) is 4.48. The highest BCUT2D eigenvalue weighted by Crippen LogP contribution is 2.19. The maximum absolute atomic E-state index is 12.8. The van der Waals surface area contributed by atoms with Crippen LogP contribution in [-0.2, 0) is 6.42 Å². The van der Waals surface area contributed by atoms with Crippen molar-refractivity contribution < 1.29 is 4.39 Å². The van der Waals surface area contributed by atoms with Gasteiger partial charge in [-0.25, -0.2) is 10.2 Å². The van der Waals surface area contributed by atoms with Gasteiger partial charge in [-0.2, -0.15) is 15.1 Å². The van der Waals surface area contributed by atoms with Crippen LogP contribution in [0.15, 0.2) is 30.5 Å². The zero-order valence-electron chi connectivity index (χ0n) is 11.1. The van der Waals surface area contributed by atoms with Crippen LogP contribution >= 0.6 is 0 Å². The average Bonchev–Trinajstić information content (AvgIpc) is 2.97. The fourth-order valence-corrected chi connectivity index (χ4v) is 2.01. The Morgan fingerprint density at radius 3 is 2.76 bits per heavy atom. The van der Waals surface area contributed by atoms with Crippen molar-refractivity contribution in [3.63, 3.8) is 0 Å². The molecule has 0 saturated heterocycles. The van der Waals surface area contributed by atoms with Gasteiger partial charge >= 0.3 is 0 Å². The topological polar surface area (TPSA) is 105 Å². The Bertz CT molecular complexity index is 738. The summed E-state index contributed by atoms with van der Waals surface area (Å²) in [5.41, 5.74) is 4.05. The molecule has 0 aliphatic rings. The van der Waals surface area contributed by atoms with Crippen molar-refractivity contribution >= 4 is 22.8 Å². The van der Waals surface area contributed by atoms with E-state index in [1.54, 1.807) is 18.3 Å². The van der Waals surface area contributed by atoms with E-state index in [9.17, 15) is 4.39 Å². The van der Waals surface area contributed by atoms with Crippen LogP contribution in [0.1, 0.15) is 5.56 Å². The molecule has 21 heavy (non-hydrogen) atoms. The van der Waals surface area contributed by atoms with Gasteiger partial charge in [-0.05, 0) is 24.1 Å². The monoisotopic (exact) mass is 287 g/mol. The van der Waals surface area contributed by atoms with Crippen LogP contribution < -0.4 is 16.6 Å². The number of hydrogen-bond donors (Lipinski definition) is 4. The van der Waals surface area contributed by atoms with Gasteiger partial charge in [0.2, 0.25) is 5.95 Å². The summed E-state index contributed by atoms with van der Waals surface area (Å²) in [6.07, 6.45) is 2.39. The second-order valence-corrected chi connectivity index (χ2v) is 4.48. The zero-order valence-corrected chi connectivity index (χ0v) is 11.1. The van der Waals surface area contributed by atoms with Gasteiger partial charge in [0.05, 0.1) is 11.6 Å². The molecule has 0 aliphatic heterocycles. The molecule has 3 aromatic rings. The lowest BCUT2D eigenvalue weighted by atomic mass is 10.1. The van der Waals surface area contributed by atoms with Gasteiger partial charge in [0.15, 0.2) is 5.65 Å². The molecule has 1 aromatic carbocycles. The van der Waals surface area contributed by atoms with Crippen molar-refractivity contribution in [2.24, 2.45) is 5.84 Å². The molecule has 0 unspecified atom stereocenters. The number of H-pyrrole nitrogens is 1. The Balaban J connectivity index is 1.72. The third-order valence-electron chi connectivity index (χ3n) is 3.06. The number of nitrogens with one attached hydrogen (secondary N) is 3. The first-order valence-electron chi connectivity index (χ1n) is 6.42. The minimum absolute atomic E-state index is 0.235. The smallest absolute Gasteiger partial charge is 0.241 e. The van der Waals surface area contributed by atoms with Crippen LogP contribution in [0.3, 0.4) is 0 Å². The molecule has 0 amide bonds. The van der Waals surface area contributed by atoms with E-state index in [1.807, 2.05) is 0 Å². The third-order valence-corrected chi connectivity index (χ3v) is 3.06. The molecule has 7 nitrogen and oxygen atoms in total. The zero-order chi connectivity index (χ0) is 14.7. The molecule has 0 saturated carbocycles. The van der Waals surface area contributed by atoms with E-state index in [0.29, 0.717) is 24.0 Å². The number of nitrogen functional groups attached to an aromatic ring is 1. The molecule has 8 heteroatoms. The molecule has 3 rings (SSSR count). The average molecular weight is 287 g/mol. The number of aromatic amines is 1. The van der Waals surface area contributed by atoms with Crippen molar-refractivity contribution in [2.45, 2.75) is 6.42 Å². The lowest BCUT2D eigenvalue weighted by Crippen LogP contribution is -2.13. The normalized spacial score (nSPS) is 10.8. The van der Waals surface area contributed by atoms with Crippen molar-refractivity contribution in [2.75, 3.05) is 17.3 Å². The lowest BCUT2D eigenvalue weighted by Gasteiger charge is -2.08. The van der Waals surface area contributed by atoms with Crippen LogP contribution in [0.5, 0.6) is 0 Å². The molecule has 0 spiro atoms. The summed E-state index contributed by atoms with van der Waals surface area (Å²) in [7, 11) is 0. The van der Waals surface area contributed by atoms with Crippen molar-refractivity contribution in [3.8, 4) is 0 Å². The predicted molar refractivity (Wildman–Crippen MR) is 78.1 cm³/mol. The van der Waals surface area contributed by atoms with Gasteiger partial charge < -0.3 is 5.32 Å². The molecule has 0 bridgehead atoms. The van der Waals surface area contributed by atoms with Crippen LogP contribution in [0, 0.1) is 5.82 Å². The summed E-state index contributed by atoms with van der Waals surface area (Å²) in [5, 5.41) is 10.7. The Kier molecular flexibility index (Phi) is 3.61. The number of nitrogens with two attached hydrogens (primary N) is 1. The van der Waals surface area contributed by atoms with Crippen LogP contribution in [0.4, 0.5) is 16.2 Å². The number of nitrogens with zero attached hydrogens (tertiary/aromatic N) is 3. The van der Waals surface area contributed by atoms with E-state index < -0.39 is 0 Å². The summed E-state index contributed by atoms with van der Waals surface area (Å²) in [6, 6.07) is 6.42. The first-order valence-corrected chi connectivity index (χ1v) is 6.42. The van der Waals surface area contributed by atoms with Crippen molar-refractivity contribution in [3.05, 3.63) is 41.8 Å². The number of hydrazine groups is 1. The van der Waals surface area contributed by atoms with E-state index in [-0.39, 0.29) is 5.82 Å². The van der Waals surface area contributed by atoms with Crippen molar-refractivity contribution in [1.82, 2.24) is 20.2 Å². The fraction of sp³-hybridized carbons (Fsp3) is 0.154. The molecule has 5 N–H and O–H groups in total. The Hall–Kier alpha value is -2.74. The van der Waals surface area contributed by atoms with E-state index in [4.69, 9.17) is 5.84 Å². The van der Waals surface area contributed by atoms with E-state index >= 15 is 0 Å². The number of halogens is 1. The molecule has 0 fully saturated rings. The molecule has 0 atom stereocenters. The Morgan fingerprint density at radius 2 is 2.00 bits per heavy atom. The van der Waals surface area contributed by atoms with Gasteiger partial charge in [0, 0.05) is 6.54 Å². The minimum atomic E-state index is -0.235. The maximum atomic E-state index is 12.8. The van der Waals surface area contributed by atoms with Gasteiger partial charge in [0.25, 0.3) is 0 Å². The molecule has 108 valence electrons. The lowest BCUT2D eigenvalue weighted by molar-refractivity contribution is 0.627. The summed E-state index contributed by atoms with van der Waals surface area (Å²) in [5.74, 6) is 6.05. The van der Waals surface area contributed by atoms with Gasteiger partial charge in [0.1, 0.15) is 11.6 Å². The molecular formula is C13H14FN7. The number of hydrogen-bond acceptors (Lipinski definition) is 6. The number of anilines is 2. The second kappa shape index (κ2) is 5.71. The van der Waals surface area contributed by atoms with Gasteiger partial charge in [-0.3, -0.25) is 10.5 Å². The highest BCUT2D eigenvalue weighted by Gasteiger charge is 2.08. The fourth-order valence-electron chi connectivity index (χ4n) is 2.01. The minimum Gasteiger partial charge on any atom is -0.369 e. The number of rotatable bonds is 5. The Morgan fingerprint density at radius 1 is 1.19 bits per heavy atom. The SMILES string of the molecule is NNc1nc(NCCc2ccc(F)cc2)c2cn[nH]c2n1. The molecule has 2 aromatic heterocycles. The summed E-state index contributed by atoms with van der Waals surface area (Å²) in [6.45, 7) is 0.646. The molecule has 0 radical (unpaired) electrons. The number of fused-ring (bicyclic) bond motifs is 1. The standard InChI is InChI=1S/C13H14FN7/c14-9-3-1-8(2-4-9)5-6-16-11-10-7-17-21-12(10)19-13(18-11)20-15/h1-4,7H,5-6,15H2,(H3,16,17,18,19,20,21). The molecular weight excluding hydrogens is 273 g/mol. The van der Waals surface area contributed by atoms with Crippen LogP contribution in [0.25, 0.3) is 11.0 Å². The van der Waals surface area contributed by atoms with Crippen molar-refractivity contribution in [1.29, 1.82) is 0 Å². The Labute approximate surface area is 119 Å². The number of benzene rings is 1. The summed E-state index contributed by atoms with van der Waals surface area (Å²) in [4.78, 5) is 8.40. The summed E-state index contributed by atoms with van der Waals surface area (Å²) < 4.78 is 12.8. The molecule has 2 heterocycles. The first-order chi connectivity index (χ1) is 10.3. The predicted octanol–water partition coefficient (Wildman–Crippen LogP) is 1.43. The van der Waals surface area contributed by atoms with Crippen LogP contribution in [-0.4, -0.2) is 26.7 Å². The van der Waals surface area contributed by atoms with E-state index in [0.717, 1.165) is 17.4 Å². The summed E-state index contributed by atoms with van der Waals surface area (Å²) >= 11 is 0. The third kappa shape index (κ3) is 2.90. The highest BCUT2D eigenvalue weighted by atomic mass is 19.1. The quantitative estimate of drug-likeness (QED) is 0.418. The largest absolute Gasteiger partial charge is 0.369 e. The number of aromatic nitrogens is 4. The maximum Gasteiger partial charge on any atom is 0.241 e. The van der Waals surface area contributed by atoms with Gasteiger partial charge in [-0.1, -0.05) is 12.1 Å². The first kappa shape index (κ1) is 13.3. The van der Waals surface area contributed by atoms with E-state index in [1.165, 1.54) is 12.1 Å². The van der Waals surface area contributed by atoms with Gasteiger partial charge in [-0.15, -0.1) is 0 Å². The van der Waals surface area contributed by atoms with Crippen LogP contribution in [0.2, 0.25) is 0 Å². The van der Waals surface area contributed by atoms with E-state index in [2.05, 4.69) is 30.9 Å². The molecule has 0 aliphatic carbocycles. The highest BCUT2D eigenvalue weighted by molar-refractivity contribution is 5.86.